The number of rotatable bonds is 8. The van der Waals surface area contributed by atoms with Gasteiger partial charge in [0.05, 0.1) is 18.9 Å². The number of carbonyl (C=O) groups is 1. The Labute approximate surface area is 161 Å². The van der Waals surface area contributed by atoms with E-state index in [1.54, 1.807) is 49.6 Å². The van der Waals surface area contributed by atoms with Gasteiger partial charge in [-0.2, -0.15) is 8.78 Å². The first kappa shape index (κ1) is 20.8. The number of benzene rings is 2. The summed E-state index contributed by atoms with van der Waals surface area (Å²) in [5.74, 6) is -1.80. The number of alkyl halides is 2. The molecule has 0 heterocycles. The summed E-state index contributed by atoms with van der Waals surface area (Å²) in [6.07, 6.45) is 2.96. The predicted octanol–water partition coefficient (Wildman–Crippen LogP) is 5.45. The Kier molecular flexibility index (Phi) is 7.67. The summed E-state index contributed by atoms with van der Waals surface area (Å²) in [5.41, 5.74) is 1.09. The molecule has 7 heteroatoms. The number of nitrogens with one attached hydrogen (secondary N) is 1. The van der Waals surface area contributed by atoms with Crippen LogP contribution < -0.4 is 14.8 Å². The maximum atomic E-state index is 12.6. The van der Waals surface area contributed by atoms with E-state index < -0.39 is 11.7 Å². The third kappa shape index (κ3) is 6.60. The second-order valence-electron chi connectivity index (χ2n) is 5.77. The first-order chi connectivity index (χ1) is 12.9. The fourth-order valence-corrected chi connectivity index (χ4v) is 2.85. The van der Waals surface area contributed by atoms with Gasteiger partial charge in [-0.25, -0.2) is 0 Å². The molecule has 0 saturated carbocycles. The van der Waals surface area contributed by atoms with Crippen molar-refractivity contribution in [2.45, 2.75) is 30.6 Å². The highest BCUT2D eigenvalue weighted by Gasteiger charge is 2.11. The Balaban J connectivity index is 2.09. The van der Waals surface area contributed by atoms with Gasteiger partial charge in [0.2, 0.25) is 5.91 Å². The Morgan fingerprint density at radius 2 is 1.89 bits per heavy atom. The number of hydrogen-bond acceptors (Lipinski definition) is 4. The molecule has 0 saturated heterocycles. The van der Waals surface area contributed by atoms with Gasteiger partial charge in [-0.05, 0) is 49.8 Å². The van der Waals surface area contributed by atoms with Crippen LogP contribution in [0.5, 0.6) is 11.5 Å². The predicted molar refractivity (Wildman–Crippen MR) is 105 cm³/mol. The summed E-state index contributed by atoms with van der Waals surface area (Å²) in [5, 5.41) is 2.62. The van der Waals surface area contributed by atoms with E-state index in [9.17, 15) is 13.6 Å². The van der Waals surface area contributed by atoms with Gasteiger partial charge in [0.1, 0.15) is 0 Å². The van der Waals surface area contributed by atoms with Crippen molar-refractivity contribution < 1.29 is 23.0 Å². The van der Waals surface area contributed by atoms with E-state index in [1.807, 2.05) is 13.8 Å². The summed E-state index contributed by atoms with van der Waals surface area (Å²) in [4.78, 5) is 12.5. The van der Waals surface area contributed by atoms with Crippen molar-refractivity contribution in [3.8, 4) is 11.5 Å². The van der Waals surface area contributed by atoms with Gasteiger partial charge in [-0.3, -0.25) is 4.79 Å². The number of amides is 1. The normalized spacial score (nSPS) is 11.2. The molecule has 2 aromatic rings. The van der Waals surface area contributed by atoms with Crippen molar-refractivity contribution in [2.24, 2.45) is 0 Å². The quantitative estimate of drug-likeness (QED) is 0.479. The number of anilines is 1. The second kappa shape index (κ2) is 9.97. The van der Waals surface area contributed by atoms with Gasteiger partial charge in [-0.1, -0.05) is 30.0 Å². The van der Waals surface area contributed by atoms with Gasteiger partial charge >= 0.3 is 0 Å². The molecule has 1 N–H and O–H groups in total. The fourth-order valence-electron chi connectivity index (χ4n) is 2.25. The van der Waals surface area contributed by atoms with Crippen LogP contribution in [-0.2, 0) is 4.79 Å². The lowest BCUT2D eigenvalue weighted by molar-refractivity contribution is -0.111. The molecule has 0 aliphatic rings. The smallest absolute Gasteiger partial charge is 0.288 e. The molecule has 0 spiro atoms. The van der Waals surface area contributed by atoms with Crippen LogP contribution in [0.1, 0.15) is 19.4 Å². The van der Waals surface area contributed by atoms with E-state index in [0.29, 0.717) is 33.8 Å². The van der Waals surface area contributed by atoms with Crippen LogP contribution in [0.15, 0.2) is 53.4 Å². The van der Waals surface area contributed by atoms with E-state index in [-0.39, 0.29) is 6.10 Å². The molecule has 0 unspecified atom stereocenters. The van der Waals surface area contributed by atoms with Crippen molar-refractivity contribution in [1.82, 2.24) is 0 Å². The van der Waals surface area contributed by atoms with E-state index in [1.165, 1.54) is 12.1 Å². The molecule has 0 bridgehead atoms. The largest absolute Gasteiger partial charge is 0.493 e. The van der Waals surface area contributed by atoms with Crippen LogP contribution in [0.2, 0.25) is 0 Å². The van der Waals surface area contributed by atoms with Gasteiger partial charge in [0.15, 0.2) is 11.5 Å². The molecule has 2 rings (SSSR count). The average molecular weight is 393 g/mol. The number of para-hydroxylation sites is 1. The summed E-state index contributed by atoms with van der Waals surface area (Å²) in [6, 6.07) is 11.8. The molecular weight excluding hydrogens is 372 g/mol. The topological polar surface area (TPSA) is 47.6 Å². The Morgan fingerprint density at radius 3 is 2.56 bits per heavy atom. The molecule has 0 fully saturated rings. The number of carbonyl (C=O) groups excluding carboxylic acids is 1. The van der Waals surface area contributed by atoms with E-state index >= 15 is 0 Å². The zero-order chi connectivity index (χ0) is 19.8. The van der Waals surface area contributed by atoms with Crippen molar-refractivity contribution in [1.29, 1.82) is 0 Å². The molecular formula is C20H21F2NO3S. The molecule has 1 amide bonds. The Morgan fingerprint density at radius 1 is 1.15 bits per heavy atom. The zero-order valence-corrected chi connectivity index (χ0v) is 16.1. The molecule has 0 atom stereocenters. The molecule has 0 radical (unpaired) electrons. The van der Waals surface area contributed by atoms with Crippen molar-refractivity contribution in [3.63, 3.8) is 0 Å². The van der Waals surface area contributed by atoms with Crippen LogP contribution >= 0.6 is 11.8 Å². The Bertz CT molecular complexity index is 810. The number of hydrogen-bond donors (Lipinski definition) is 1. The molecule has 144 valence electrons. The molecule has 0 aromatic heterocycles. The summed E-state index contributed by atoms with van der Waals surface area (Å²) in [6.45, 7) is 3.84. The summed E-state index contributed by atoms with van der Waals surface area (Å²) < 4.78 is 36.2. The third-order valence-corrected chi connectivity index (χ3v) is 4.13. The third-order valence-electron chi connectivity index (χ3n) is 3.34. The molecule has 0 aliphatic heterocycles. The van der Waals surface area contributed by atoms with E-state index in [2.05, 4.69) is 5.32 Å². The standard InChI is InChI=1S/C20H21F2NO3S/c1-13(2)26-16-10-8-14(12-17(16)25-3)9-11-19(24)23-15-6-4-5-7-18(15)27-20(21)22/h4-13,20H,1-3H3,(H,23,24)/b11-9+. The lowest BCUT2D eigenvalue weighted by Crippen LogP contribution is -2.09. The SMILES string of the molecule is COc1cc(/C=C/C(=O)Nc2ccccc2SC(F)F)ccc1OC(C)C. The molecule has 4 nitrogen and oxygen atoms in total. The number of thioether (sulfide) groups is 1. The lowest BCUT2D eigenvalue weighted by Gasteiger charge is -2.13. The van der Waals surface area contributed by atoms with Crippen LogP contribution in [0.4, 0.5) is 14.5 Å². The minimum atomic E-state index is -2.56. The molecule has 27 heavy (non-hydrogen) atoms. The van der Waals surface area contributed by atoms with E-state index in [0.717, 1.165) is 5.56 Å². The van der Waals surface area contributed by atoms with Crippen LogP contribution in [0, 0.1) is 0 Å². The van der Waals surface area contributed by atoms with Crippen molar-refractivity contribution in [2.75, 3.05) is 12.4 Å². The fraction of sp³-hybridized carbons (Fsp3) is 0.250. The minimum absolute atomic E-state index is 0.0113. The van der Waals surface area contributed by atoms with Gasteiger partial charge < -0.3 is 14.8 Å². The van der Waals surface area contributed by atoms with Gasteiger partial charge in [-0.15, -0.1) is 0 Å². The van der Waals surface area contributed by atoms with Gasteiger partial charge in [0.25, 0.3) is 5.76 Å². The maximum Gasteiger partial charge on any atom is 0.288 e. The highest BCUT2D eigenvalue weighted by Crippen LogP contribution is 2.32. The molecule has 0 aliphatic carbocycles. The first-order valence-corrected chi connectivity index (χ1v) is 9.14. The Hall–Kier alpha value is -2.54. The monoisotopic (exact) mass is 393 g/mol. The number of halogens is 2. The average Bonchev–Trinajstić information content (AvgIpc) is 2.61. The second-order valence-corrected chi connectivity index (χ2v) is 6.81. The highest BCUT2D eigenvalue weighted by molar-refractivity contribution is 7.99. The maximum absolute atomic E-state index is 12.6. The van der Waals surface area contributed by atoms with Crippen LogP contribution in [-0.4, -0.2) is 24.9 Å². The number of ether oxygens (including phenoxy) is 2. The highest BCUT2D eigenvalue weighted by atomic mass is 32.2. The number of methoxy groups -OCH3 is 1. The van der Waals surface area contributed by atoms with Crippen LogP contribution in [0.3, 0.4) is 0 Å². The van der Waals surface area contributed by atoms with Crippen LogP contribution in [0.25, 0.3) is 6.08 Å². The zero-order valence-electron chi connectivity index (χ0n) is 15.2. The molecule has 2 aromatic carbocycles. The minimum Gasteiger partial charge on any atom is -0.493 e. The van der Waals surface area contributed by atoms with Gasteiger partial charge in [0, 0.05) is 11.0 Å². The first-order valence-electron chi connectivity index (χ1n) is 8.26. The summed E-state index contributed by atoms with van der Waals surface area (Å²) in [7, 11) is 1.54. The summed E-state index contributed by atoms with van der Waals surface area (Å²) >= 11 is 0.390. The lowest BCUT2D eigenvalue weighted by atomic mass is 10.2. The van der Waals surface area contributed by atoms with Crippen molar-refractivity contribution >= 4 is 29.4 Å². The van der Waals surface area contributed by atoms with E-state index in [4.69, 9.17) is 9.47 Å². The van der Waals surface area contributed by atoms with Crippen molar-refractivity contribution in [3.05, 3.63) is 54.1 Å².